The minimum absolute atomic E-state index is 0.256. The van der Waals surface area contributed by atoms with Crippen molar-refractivity contribution in [1.29, 1.82) is 0 Å². The average Bonchev–Trinajstić information content (AvgIpc) is 2.82. The first-order valence-corrected chi connectivity index (χ1v) is 5.39. The third-order valence-corrected chi connectivity index (χ3v) is 3.12. The van der Waals surface area contributed by atoms with Crippen molar-refractivity contribution in [2.24, 2.45) is 0 Å². The van der Waals surface area contributed by atoms with E-state index in [0.29, 0.717) is 12.2 Å². The van der Waals surface area contributed by atoms with E-state index in [4.69, 9.17) is 14.2 Å². The van der Waals surface area contributed by atoms with E-state index in [0.717, 1.165) is 29.9 Å². The fourth-order valence-corrected chi connectivity index (χ4v) is 1.97. The van der Waals surface area contributed by atoms with Gasteiger partial charge in [-0.25, -0.2) is 0 Å². The lowest BCUT2D eigenvalue weighted by Crippen LogP contribution is -2.11. The Morgan fingerprint density at radius 3 is 2.62 bits per heavy atom. The number of methoxy groups -OCH3 is 1. The second-order valence-corrected chi connectivity index (χ2v) is 4.42. The molecule has 1 aliphatic heterocycles. The molecule has 1 fully saturated rings. The SMILES string of the molecule is COc1cc2c(cc1CC1(O)CC1)OCO2. The van der Waals surface area contributed by atoms with Crippen LogP contribution in [-0.2, 0) is 6.42 Å². The fourth-order valence-electron chi connectivity index (χ4n) is 1.97. The van der Waals surface area contributed by atoms with Crippen molar-refractivity contribution in [3.63, 3.8) is 0 Å². The number of rotatable bonds is 3. The summed E-state index contributed by atoms with van der Waals surface area (Å²) in [4.78, 5) is 0. The summed E-state index contributed by atoms with van der Waals surface area (Å²) in [5.74, 6) is 2.20. The van der Waals surface area contributed by atoms with Gasteiger partial charge in [0.05, 0.1) is 12.7 Å². The van der Waals surface area contributed by atoms with E-state index in [9.17, 15) is 5.11 Å². The summed E-state index contributed by atoms with van der Waals surface area (Å²) < 4.78 is 15.9. The number of hydrogen-bond donors (Lipinski definition) is 1. The van der Waals surface area contributed by atoms with Crippen molar-refractivity contribution >= 4 is 0 Å². The zero-order valence-corrected chi connectivity index (χ0v) is 9.16. The van der Waals surface area contributed by atoms with Gasteiger partial charge >= 0.3 is 0 Å². The Morgan fingerprint density at radius 1 is 1.31 bits per heavy atom. The van der Waals surface area contributed by atoms with Crippen molar-refractivity contribution in [3.05, 3.63) is 17.7 Å². The van der Waals surface area contributed by atoms with Crippen LogP contribution in [0.3, 0.4) is 0 Å². The van der Waals surface area contributed by atoms with Gasteiger partial charge in [0.2, 0.25) is 6.79 Å². The zero-order chi connectivity index (χ0) is 11.2. The molecule has 0 aromatic heterocycles. The molecule has 0 radical (unpaired) electrons. The van der Waals surface area contributed by atoms with Crippen molar-refractivity contribution in [1.82, 2.24) is 0 Å². The lowest BCUT2D eigenvalue weighted by molar-refractivity contribution is 0.150. The molecule has 86 valence electrons. The zero-order valence-electron chi connectivity index (χ0n) is 9.16. The first-order chi connectivity index (χ1) is 7.70. The van der Waals surface area contributed by atoms with Crippen LogP contribution in [0.5, 0.6) is 17.2 Å². The number of hydrogen-bond acceptors (Lipinski definition) is 4. The Labute approximate surface area is 93.7 Å². The smallest absolute Gasteiger partial charge is 0.231 e. The summed E-state index contributed by atoms with van der Waals surface area (Å²) in [6.07, 6.45) is 2.35. The van der Waals surface area contributed by atoms with Crippen LogP contribution in [0.2, 0.25) is 0 Å². The van der Waals surface area contributed by atoms with Crippen LogP contribution in [0.15, 0.2) is 12.1 Å². The molecule has 3 rings (SSSR count). The number of fused-ring (bicyclic) bond motifs is 1. The molecule has 0 unspecified atom stereocenters. The topological polar surface area (TPSA) is 47.9 Å². The van der Waals surface area contributed by atoms with E-state index in [1.807, 2.05) is 12.1 Å². The first-order valence-electron chi connectivity index (χ1n) is 5.39. The van der Waals surface area contributed by atoms with E-state index in [2.05, 4.69) is 0 Å². The molecule has 0 atom stereocenters. The van der Waals surface area contributed by atoms with Crippen molar-refractivity contribution in [2.75, 3.05) is 13.9 Å². The molecule has 0 saturated heterocycles. The molecule has 0 spiro atoms. The summed E-state index contributed by atoms with van der Waals surface area (Å²) in [7, 11) is 1.62. The Bertz CT molecular complexity index is 423. The molecule has 4 nitrogen and oxygen atoms in total. The van der Waals surface area contributed by atoms with E-state index in [-0.39, 0.29) is 6.79 Å². The Hall–Kier alpha value is -1.42. The third-order valence-electron chi connectivity index (χ3n) is 3.12. The van der Waals surface area contributed by atoms with Crippen LogP contribution >= 0.6 is 0 Å². The summed E-state index contributed by atoms with van der Waals surface area (Å²) in [5.41, 5.74) is 0.452. The van der Waals surface area contributed by atoms with E-state index < -0.39 is 5.60 Å². The summed E-state index contributed by atoms with van der Waals surface area (Å²) in [5, 5.41) is 9.92. The van der Waals surface area contributed by atoms with E-state index in [1.165, 1.54) is 0 Å². The van der Waals surface area contributed by atoms with Gasteiger partial charge in [-0.2, -0.15) is 0 Å². The highest BCUT2D eigenvalue weighted by Crippen LogP contribution is 2.44. The molecular formula is C12H14O4. The number of ether oxygens (including phenoxy) is 3. The molecule has 1 N–H and O–H groups in total. The van der Waals surface area contributed by atoms with E-state index >= 15 is 0 Å². The van der Waals surface area contributed by atoms with Gasteiger partial charge in [0, 0.05) is 18.1 Å². The summed E-state index contributed by atoms with van der Waals surface area (Å²) >= 11 is 0. The molecule has 1 heterocycles. The predicted molar refractivity (Wildman–Crippen MR) is 57.0 cm³/mol. The van der Waals surface area contributed by atoms with Crippen LogP contribution in [0.1, 0.15) is 18.4 Å². The monoisotopic (exact) mass is 222 g/mol. The highest BCUT2D eigenvalue weighted by Gasteiger charge is 2.41. The second-order valence-electron chi connectivity index (χ2n) is 4.42. The number of benzene rings is 1. The lowest BCUT2D eigenvalue weighted by atomic mass is 10.0. The van der Waals surface area contributed by atoms with Crippen molar-refractivity contribution in [3.8, 4) is 17.2 Å². The number of aliphatic hydroxyl groups is 1. The molecule has 0 bridgehead atoms. The lowest BCUT2D eigenvalue weighted by Gasteiger charge is -2.12. The molecule has 1 saturated carbocycles. The van der Waals surface area contributed by atoms with Gasteiger partial charge in [0.15, 0.2) is 11.5 Å². The van der Waals surface area contributed by atoms with Gasteiger partial charge < -0.3 is 19.3 Å². The fraction of sp³-hybridized carbons (Fsp3) is 0.500. The van der Waals surface area contributed by atoms with Gasteiger partial charge in [-0.3, -0.25) is 0 Å². The van der Waals surface area contributed by atoms with Crippen LogP contribution in [0, 0.1) is 0 Å². The maximum atomic E-state index is 9.92. The highest BCUT2D eigenvalue weighted by atomic mass is 16.7. The molecule has 0 amide bonds. The van der Waals surface area contributed by atoms with E-state index in [1.54, 1.807) is 7.11 Å². The van der Waals surface area contributed by atoms with Crippen LogP contribution in [-0.4, -0.2) is 24.6 Å². The van der Waals surface area contributed by atoms with Gasteiger partial charge in [0.25, 0.3) is 0 Å². The van der Waals surface area contributed by atoms with Crippen LogP contribution < -0.4 is 14.2 Å². The van der Waals surface area contributed by atoms with Crippen molar-refractivity contribution < 1.29 is 19.3 Å². The van der Waals surface area contributed by atoms with Gasteiger partial charge in [-0.05, 0) is 18.9 Å². The highest BCUT2D eigenvalue weighted by molar-refractivity contribution is 5.52. The summed E-state index contributed by atoms with van der Waals surface area (Å²) in [6.45, 7) is 0.256. The molecule has 1 aliphatic carbocycles. The maximum absolute atomic E-state index is 9.92. The first kappa shape index (κ1) is 9.78. The Morgan fingerprint density at radius 2 is 2.00 bits per heavy atom. The summed E-state index contributed by atoms with van der Waals surface area (Å²) in [6, 6.07) is 3.72. The standard InChI is InChI=1S/C12H14O4/c1-14-9-5-11-10(15-7-16-11)4-8(9)6-12(13)2-3-12/h4-5,13H,2-3,6-7H2,1H3. The normalized spacial score (nSPS) is 19.6. The minimum Gasteiger partial charge on any atom is -0.496 e. The molecule has 4 heteroatoms. The van der Waals surface area contributed by atoms with Gasteiger partial charge in [-0.15, -0.1) is 0 Å². The molecular weight excluding hydrogens is 208 g/mol. The quantitative estimate of drug-likeness (QED) is 0.841. The predicted octanol–water partition coefficient (Wildman–Crippen LogP) is 1.49. The minimum atomic E-state index is -0.527. The second kappa shape index (κ2) is 3.28. The molecule has 1 aromatic carbocycles. The van der Waals surface area contributed by atoms with Crippen LogP contribution in [0.25, 0.3) is 0 Å². The molecule has 2 aliphatic rings. The van der Waals surface area contributed by atoms with Gasteiger partial charge in [0.1, 0.15) is 5.75 Å². The average molecular weight is 222 g/mol. The third kappa shape index (κ3) is 1.59. The van der Waals surface area contributed by atoms with Crippen LogP contribution in [0.4, 0.5) is 0 Å². The maximum Gasteiger partial charge on any atom is 0.231 e. The molecule has 1 aromatic rings. The Kier molecular flexibility index (Phi) is 2.01. The van der Waals surface area contributed by atoms with Gasteiger partial charge in [-0.1, -0.05) is 0 Å². The van der Waals surface area contributed by atoms with Crippen molar-refractivity contribution in [2.45, 2.75) is 24.9 Å². The largest absolute Gasteiger partial charge is 0.496 e. The molecule has 16 heavy (non-hydrogen) atoms. The Balaban J connectivity index is 1.95.